The molecule has 1 aromatic carbocycles. The fourth-order valence-corrected chi connectivity index (χ4v) is 5.03. The van der Waals surface area contributed by atoms with Crippen LogP contribution in [0.1, 0.15) is 62.7 Å². The molecule has 1 saturated carbocycles. The van der Waals surface area contributed by atoms with Gasteiger partial charge in [-0.25, -0.2) is 4.99 Å². The van der Waals surface area contributed by atoms with Crippen molar-refractivity contribution in [2.24, 2.45) is 4.99 Å². The molecule has 32 heavy (non-hydrogen) atoms. The van der Waals surface area contributed by atoms with Gasteiger partial charge in [-0.1, -0.05) is 25.3 Å². The molecule has 0 radical (unpaired) electrons. The summed E-state index contributed by atoms with van der Waals surface area (Å²) in [5.41, 5.74) is 1.35. The highest BCUT2D eigenvalue weighted by atomic mass is 16.5. The van der Waals surface area contributed by atoms with Crippen molar-refractivity contribution < 1.29 is 9.47 Å². The molecule has 0 bridgehead atoms. The van der Waals surface area contributed by atoms with Gasteiger partial charge in [0.15, 0.2) is 23.3 Å². The Labute approximate surface area is 190 Å². The molecule has 2 aromatic rings. The minimum Gasteiger partial charge on any atom is -0.493 e. The lowest BCUT2D eigenvalue weighted by Gasteiger charge is -2.38. The van der Waals surface area contributed by atoms with Crippen LogP contribution in [0.3, 0.4) is 0 Å². The van der Waals surface area contributed by atoms with Gasteiger partial charge in [-0.15, -0.1) is 10.2 Å². The Kier molecular flexibility index (Phi) is 7.17. The van der Waals surface area contributed by atoms with Crippen LogP contribution in [0.25, 0.3) is 0 Å². The lowest BCUT2D eigenvalue weighted by molar-refractivity contribution is 0.288. The first-order valence-electron chi connectivity index (χ1n) is 11.8. The summed E-state index contributed by atoms with van der Waals surface area (Å²) in [6.07, 6.45) is 8.21. The molecule has 4 rings (SSSR count). The zero-order valence-corrected chi connectivity index (χ0v) is 19.6. The maximum Gasteiger partial charge on any atom is 0.191 e. The van der Waals surface area contributed by atoms with Crippen LogP contribution in [-0.4, -0.2) is 48.0 Å². The smallest absolute Gasteiger partial charge is 0.191 e. The average Bonchev–Trinajstić information content (AvgIpc) is 3.45. The fraction of sp³-hybridized carbons (Fsp3) is 0.625. The Bertz CT molecular complexity index is 933. The number of nitrogens with zero attached hydrogens (tertiary/aromatic N) is 4. The number of aryl methyl sites for hydroxylation is 1. The minimum atomic E-state index is 0.0457. The second kappa shape index (κ2) is 10.2. The Hall–Kier alpha value is -2.77. The van der Waals surface area contributed by atoms with Gasteiger partial charge < -0.3 is 24.7 Å². The van der Waals surface area contributed by atoms with Crippen molar-refractivity contribution in [2.75, 3.05) is 27.3 Å². The van der Waals surface area contributed by atoms with E-state index < -0.39 is 0 Å². The summed E-state index contributed by atoms with van der Waals surface area (Å²) in [6, 6.07) is 6.36. The Balaban J connectivity index is 1.52. The predicted molar refractivity (Wildman–Crippen MR) is 125 cm³/mol. The quantitative estimate of drug-likeness (QED) is 0.484. The highest BCUT2D eigenvalue weighted by Crippen LogP contribution is 2.42. The van der Waals surface area contributed by atoms with Crippen LogP contribution in [-0.2, 0) is 24.9 Å². The molecule has 2 aliphatic rings. The number of nitrogens with one attached hydrogen (secondary N) is 2. The zero-order chi connectivity index (χ0) is 22.4. The maximum atomic E-state index is 5.60. The van der Waals surface area contributed by atoms with Crippen molar-refractivity contribution >= 4 is 5.96 Å². The van der Waals surface area contributed by atoms with Crippen molar-refractivity contribution in [1.82, 2.24) is 25.4 Å². The van der Waals surface area contributed by atoms with E-state index in [9.17, 15) is 0 Å². The SMILES string of the molecule is CCNC(=NCc1nnc2n1CCC2)NCC1(c2ccc(OC)c(OC)c2)CCCCC1. The molecule has 0 saturated heterocycles. The van der Waals surface area contributed by atoms with Crippen LogP contribution in [0.15, 0.2) is 23.2 Å². The van der Waals surface area contributed by atoms with Crippen LogP contribution in [0.2, 0.25) is 0 Å². The van der Waals surface area contributed by atoms with E-state index in [0.717, 1.165) is 74.4 Å². The van der Waals surface area contributed by atoms with E-state index in [1.807, 2.05) is 6.07 Å². The monoisotopic (exact) mass is 440 g/mol. The lowest BCUT2D eigenvalue weighted by Crippen LogP contribution is -2.46. The molecule has 0 unspecified atom stereocenters. The second-order valence-corrected chi connectivity index (χ2v) is 8.75. The van der Waals surface area contributed by atoms with Gasteiger partial charge in [-0.3, -0.25) is 0 Å². The van der Waals surface area contributed by atoms with Gasteiger partial charge in [0, 0.05) is 31.5 Å². The van der Waals surface area contributed by atoms with E-state index in [4.69, 9.17) is 14.5 Å². The van der Waals surface area contributed by atoms with Crippen molar-refractivity contribution in [3.8, 4) is 11.5 Å². The fourth-order valence-electron chi connectivity index (χ4n) is 5.03. The number of rotatable bonds is 8. The molecule has 1 aliphatic heterocycles. The molecule has 0 atom stereocenters. The molecule has 1 fully saturated rings. The number of hydrogen-bond acceptors (Lipinski definition) is 5. The van der Waals surface area contributed by atoms with Gasteiger partial charge in [0.2, 0.25) is 0 Å². The summed E-state index contributed by atoms with van der Waals surface area (Å²) in [5.74, 6) is 4.42. The second-order valence-electron chi connectivity index (χ2n) is 8.75. The lowest BCUT2D eigenvalue weighted by atomic mass is 9.69. The van der Waals surface area contributed by atoms with Crippen LogP contribution in [0, 0.1) is 0 Å². The minimum absolute atomic E-state index is 0.0457. The maximum absolute atomic E-state index is 5.60. The molecule has 1 aliphatic carbocycles. The molecule has 174 valence electrons. The standard InChI is InChI=1S/C24H36N6O2/c1-4-25-23(26-16-22-29-28-21-9-8-14-30(21)22)27-17-24(12-6-5-7-13-24)18-10-11-19(31-2)20(15-18)32-3/h10-11,15H,4-9,12-14,16-17H2,1-3H3,(H2,25,26,27). The number of guanidine groups is 1. The topological polar surface area (TPSA) is 85.6 Å². The highest BCUT2D eigenvalue weighted by Gasteiger charge is 2.35. The molecular formula is C24H36N6O2. The molecule has 2 heterocycles. The molecule has 8 nitrogen and oxygen atoms in total. The predicted octanol–water partition coefficient (Wildman–Crippen LogP) is 3.20. The van der Waals surface area contributed by atoms with Crippen molar-refractivity contribution in [1.29, 1.82) is 0 Å². The Morgan fingerprint density at radius 3 is 2.62 bits per heavy atom. The van der Waals surface area contributed by atoms with Gasteiger partial charge in [0.25, 0.3) is 0 Å². The van der Waals surface area contributed by atoms with Gasteiger partial charge in [-0.2, -0.15) is 0 Å². The summed E-state index contributed by atoms with van der Waals surface area (Å²) in [4.78, 5) is 4.83. The summed E-state index contributed by atoms with van der Waals surface area (Å²) in [6.45, 7) is 5.27. The average molecular weight is 441 g/mol. The molecule has 1 aromatic heterocycles. The van der Waals surface area contributed by atoms with E-state index in [0.29, 0.717) is 6.54 Å². The zero-order valence-electron chi connectivity index (χ0n) is 19.6. The number of aromatic nitrogens is 3. The van der Waals surface area contributed by atoms with E-state index >= 15 is 0 Å². The first kappa shape index (κ1) is 22.4. The van der Waals surface area contributed by atoms with Gasteiger partial charge >= 0.3 is 0 Å². The van der Waals surface area contributed by atoms with Gasteiger partial charge in [0.1, 0.15) is 12.4 Å². The molecule has 8 heteroatoms. The Morgan fingerprint density at radius 1 is 1.06 bits per heavy atom. The van der Waals surface area contributed by atoms with Crippen molar-refractivity contribution in [3.63, 3.8) is 0 Å². The van der Waals surface area contributed by atoms with Crippen LogP contribution in [0.4, 0.5) is 0 Å². The third-order valence-electron chi connectivity index (χ3n) is 6.81. The third-order valence-corrected chi connectivity index (χ3v) is 6.81. The Morgan fingerprint density at radius 2 is 1.88 bits per heavy atom. The number of aliphatic imine (C=N–C) groups is 1. The van der Waals surface area contributed by atoms with Crippen LogP contribution < -0.4 is 20.1 Å². The number of fused-ring (bicyclic) bond motifs is 1. The number of methoxy groups -OCH3 is 2. The highest BCUT2D eigenvalue weighted by molar-refractivity contribution is 5.79. The normalized spacial score (nSPS) is 17.7. The largest absolute Gasteiger partial charge is 0.493 e. The van der Waals surface area contributed by atoms with E-state index in [1.54, 1.807) is 14.2 Å². The molecule has 0 spiro atoms. The van der Waals surface area contributed by atoms with Gasteiger partial charge in [-0.05, 0) is 43.9 Å². The van der Waals surface area contributed by atoms with Crippen molar-refractivity contribution in [3.05, 3.63) is 35.4 Å². The van der Waals surface area contributed by atoms with Crippen LogP contribution >= 0.6 is 0 Å². The summed E-state index contributed by atoms with van der Waals surface area (Å²) in [7, 11) is 3.38. The first-order chi connectivity index (χ1) is 15.7. The summed E-state index contributed by atoms with van der Waals surface area (Å²) >= 11 is 0. The van der Waals surface area contributed by atoms with E-state index in [2.05, 4.69) is 44.5 Å². The summed E-state index contributed by atoms with van der Waals surface area (Å²) in [5, 5.41) is 15.7. The van der Waals surface area contributed by atoms with E-state index in [-0.39, 0.29) is 5.41 Å². The number of ether oxygens (including phenoxy) is 2. The first-order valence-corrected chi connectivity index (χ1v) is 11.8. The molecule has 2 N–H and O–H groups in total. The number of benzene rings is 1. The number of hydrogen-bond donors (Lipinski definition) is 2. The van der Waals surface area contributed by atoms with Gasteiger partial charge in [0.05, 0.1) is 14.2 Å². The van der Waals surface area contributed by atoms with E-state index in [1.165, 1.54) is 24.8 Å². The third kappa shape index (κ3) is 4.69. The summed E-state index contributed by atoms with van der Waals surface area (Å²) < 4.78 is 13.3. The van der Waals surface area contributed by atoms with Crippen LogP contribution in [0.5, 0.6) is 11.5 Å². The molecular weight excluding hydrogens is 404 g/mol. The molecule has 0 amide bonds. The van der Waals surface area contributed by atoms with Crippen molar-refractivity contribution in [2.45, 2.75) is 70.4 Å².